The molecule has 0 amide bonds. The van der Waals surface area contributed by atoms with Crippen LogP contribution >= 0.6 is 11.6 Å². The second kappa shape index (κ2) is 4.62. The minimum absolute atomic E-state index is 0.174. The highest BCUT2D eigenvalue weighted by atomic mass is 35.5. The lowest BCUT2D eigenvalue weighted by atomic mass is 10.0. The van der Waals surface area contributed by atoms with Crippen LogP contribution in [0.4, 0.5) is 0 Å². The van der Waals surface area contributed by atoms with Gasteiger partial charge in [0.15, 0.2) is 5.78 Å². The van der Waals surface area contributed by atoms with E-state index in [0.717, 1.165) is 21.7 Å². The molecule has 5 heteroatoms. The Morgan fingerprint density at radius 3 is 2.95 bits per heavy atom. The Morgan fingerprint density at radius 1 is 1.40 bits per heavy atom. The van der Waals surface area contributed by atoms with E-state index in [9.17, 15) is 4.79 Å². The van der Waals surface area contributed by atoms with E-state index in [1.165, 1.54) is 0 Å². The van der Waals surface area contributed by atoms with E-state index < -0.39 is 0 Å². The monoisotopic (exact) mass is 283 g/mol. The summed E-state index contributed by atoms with van der Waals surface area (Å²) in [6.07, 6.45) is -0.174. The number of aryl methyl sites for hydroxylation is 1. The number of ketones is 1. The summed E-state index contributed by atoms with van der Waals surface area (Å²) in [7, 11) is 1.77. The molecule has 2 aromatic carbocycles. The van der Waals surface area contributed by atoms with Gasteiger partial charge >= 0.3 is 0 Å². The van der Waals surface area contributed by atoms with Crippen LogP contribution in [0.2, 0.25) is 5.02 Å². The normalized spacial score (nSPS) is 10.8. The van der Waals surface area contributed by atoms with Gasteiger partial charge in [0.2, 0.25) is 0 Å². The van der Waals surface area contributed by atoms with Crippen molar-refractivity contribution in [1.29, 1.82) is 5.26 Å². The lowest BCUT2D eigenvalue weighted by molar-refractivity contribution is 0.0994. The van der Waals surface area contributed by atoms with Crippen LogP contribution in [-0.4, -0.2) is 15.6 Å². The van der Waals surface area contributed by atoms with E-state index in [1.54, 1.807) is 11.7 Å². The van der Waals surface area contributed by atoms with Crippen molar-refractivity contribution in [2.75, 3.05) is 0 Å². The van der Waals surface area contributed by atoms with Crippen molar-refractivity contribution < 1.29 is 4.79 Å². The van der Waals surface area contributed by atoms with Crippen LogP contribution < -0.4 is 0 Å². The molecule has 0 radical (unpaired) electrons. The maximum Gasteiger partial charge on any atom is 0.197 e. The molecule has 0 aliphatic rings. The number of carbonyl (C=O) groups is 1. The molecular weight excluding hydrogens is 274 g/mol. The van der Waals surface area contributed by atoms with Crippen molar-refractivity contribution in [3.05, 3.63) is 41.0 Å². The van der Waals surface area contributed by atoms with E-state index in [4.69, 9.17) is 16.9 Å². The molecule has 0 unspecified atom stereocenters. The number of carbonyl (C=O) groups excluding carboxylic acids is 1. The van der Waals surface area contributed by atoms with Crippen LogP contribution in [0.3, 0.4) is 0 Å². The standard InChI is InChI=1S/C15H10ClN3O/c1-19-15-10(14(18-19)12(20)7-8-17)6-5-9-3-2-4-11(16)13(9)15/h2-6H,7H2,1H3. The minimum Gasteiger partial charge on any atom is -0.291 e. The fraction of sp³-hybridized carbons (Fsp3) is 0.133. The maximum absolute atomic E-state index is 12.0. The first kappa shape index (κ1) is 12.6. The van der Waals surface area contributed by atoms with Gasteiger partial charge in [-0.15, -0.1) is 0 Å². The molecule has 0 spiro atoms. The highest BCUT2D eigenvalue weighted by Gasteiger charge is 2.18. The molecule has 20 heavy (non-hydrogen) atoms. The molecule has 4 nitrogen and oxygen atoms in total. The Kier molecular flexibility index (Phi) is 2.92. The van der Waals surface area contributed by atoms with Crippen molar-refractivity contribution in [1.82, 2.24) is 9.78 Å². The largest absolute Gasteiger partial charge is 0.291 e. The zero-order valence-corrected chi connectivity index (χ0v) is 11.5. The summed E-state index contributed by atoms with van der Waals surface area (Å²) in [5, 5.41) is 16.1. The van der Waals surface area contributed by atoms with Gasteiger partial charge in [0, 0.05) is 17.8 Å². The number of nitrogens with zero attached hydrogens (tertiary/aromatic N) is 3. The number of nitriles is 1. The van der Waals surface area contributed by atoms with Gasteiger partial charge in [0.05, 0.1) is 16.6 Å². The minimum atomic E-state index is -0.274. The highest BCUT2D eigenvalue weighted by molar-refractivity contribution is 6.38. The average molecular weight is 284 g/mol. The van der Waals surface area contributed by atoms with Crippen LogP contribution in [0.15, 0.2) is 30.3 Å². The summed E-state index contributed by atoms with van der Waals surface area (Å²) in [6, 6.07) is 11.3. The number of aromatic nitrogens is 2. The zero-order valence-electron chi connectivity index (χ0n) is 10.7. The Hall–Kier alpha value is -2.38. The van der Waals surface area contributed by atoms with Crippen molar-refractivity contribution in [2.45, 2.75) is 6.42 Å². The SMILES string of the molecule is Cn1nc(C(=O)CC#N)c2ccc3cccc(Cl)c3c21. The molecule has 0 saturated heterocycles. The predicted octanol–water partition coefficient (Wildman–Crippen LogP) is 3.48. The molecule has 0 aliphatic carbocycles. The Balaban J connectivity index is 2.43. The van der Waals surface area contributed by atoms with E-state index in [1.807, 2.05) is 36.4 Å². The summed E-state index contributed by atoms with van der Waals surface area (Å²) < 4.78 is 1.65. The third kappa shape index (κ3) is 1.75. The number of hydrogen-bond acceptors (Lipinski definition) is 3. The molecule has 0 bridgehead atoms. The molecule has 98 valence electrons. The first-order valence-corrected chi connectivity index (χ1v) is 6.45. The van der Waals surface area contributed by atoms with Gasteiger partial charge in [0.1, 0.15) is 12.1 Å². The molecule has 3 rings (SSSR count). The highest BCUT2D eigenvalue weighted by Crippen LogP contribution is 2.32. The molecule has 3 aromatic rings. The van der Waals surface area contributed by atoms with Gasteiger partial charge in [-0.05, 0) is 17.5 Å². The van der Waals surface area contributed by atoms with Crippen LogP contribution in [0.25, 0.3) is 21.7 Å². The topological polar surface area (TPSA) is 58.7 Å². The quantitative estimate of drug-likeness (QED) is 0.677. The first-order chi connectivity index (χ1) is 9.63. The van der Waals surface area contributed by atoms with Crippen molar-refractivity contribution >= 4 is 39.1 Å². The maximum atomic E-state index is 12.0. The van der Waals surface area contributed by atoms with Gasteiger partial charge in [-0.2, -0.15) is 10.4 Å². The molecule has 0 fully saturated rings. The molecule has 0 N–H and O–H groups in total. The summed E-state index contributed by atoms with van der Waals surface area (Å²) >= 11 is 6.28. The number of halogens is 1. The fourth-order valence-electron chi connectivity index (χ4n) is 2.46. The van der Waals surface area contributed by atoms with Gasteiger partial charge in [0.25, 0.3) is 0 Å². The number of hydrogen-bond donors (Lipinski definition) is 0. The summed E-state index contributed by atoms with van der Waals surface area (Å²) in [5.74, 6) is -0.274. The van der Waals surface area contributed by atoms with Gasteiger partial charge < -0.3 is 0 Å². The second-order valence-electron chi connectivity index (χ2n) is 4.53. The number of Topliss-reactive ketones (excluding diaryl/α,β-unsaturated/α-hetero) is 1. The van der Waals surface area contributed by atoms with Crippen LogP contribution in [-0.2, 0) is 7.05 Å². The van der Waals surface area contributed by atoms with E-state index >= 15 is 0 Å². The van der Waals surface area contributed by atoms with Gasteiger partial charge in [-0.25, -0.2) is 0 Å². The number of fused-ring (bicyclic) bond motifs is 3. The third-order valence-corrected chi connectivity index (χ3v) is 3.61. The third-order valence-electron chi connectivity index (χ3n) is 3.30. The van der Waals surface area contributed by atoms with E-state index in [-0.39, 0.29) is 12.2 Å². The summed E-state index contributed by atoms with van der Waals surface area (Å²) in [5.41, 5.74) is 1.14. The smallest absolute Gasteiger partial charge is 0.197 e. The van der Waals surface area contributed by atoms with Crippen LogP contribution in [0.5, 0.6) is 0 Å². The molecular formula is C15H10ClN3O. The van der Waals surface area contributed by atoms with Gasteiger partial charge in [-0.3, -0.25) is 9.48 Å². The molecule has 0 atom stereocenters. The second-order valence-corrected chi connectivity index (χ2v) is 4.94. The lowest BCUT2D eigenvalue weighted by Gasteiger charge is -2.03. The molecule has 1 aromatic heterocycles. The number of rotatable bonds is 2. The summed E-state index contributed by atoms with van der Waals surface area (Å²) in [4.78, 5) is 12.0. The number of benzene rings is 2. The predicted molar refractivity (Wildman–Crippen MR) is 77.8 cm³/mol. The Bertz CT molecular complexity index is 889. The van der Waals surface area contributed by atoms with Crippen molar-refractivity contribution in [2.24, 2.45) is 7.05 Å². The van der Waals surface area contributed by atoms with E-state index in [0.29, 0.717) is 10.7 Å². The van der Waals surface area contributed by atoms with E-state index in [2.05, 4.69) is 5.10 Å². The Labute approximate surface area is 120 Å². The van der Waals surface area contributed by atoms with Crippen molar-refractivity contribution in [3.8, 4) is 6.07 Å². The van der Waals surface area contributed by atoms with Crippen molar-refractivity contribution in [3.63, 3.8) is 0 Å². The van der Waals surface area contributed by atoms with Gasteiger partial charge in [-0.1, -0.05) is 29.8 Å². The molecule has 0 saturated carbocycles. The average Bonchev–Trinajstić information content (AvgIpc) is 2.77. The fourth-order valence-corrected chi connectivity index (χ4v) is 2.73. The molecule has 1 heterocycles. The lowest BCUT2D eigenvalue weighted by Crippen LogP contribution is -2.00. The Morgan fingerprint density at radius 2 is 2.20 bits per heavy atom. The van der Waals surface area contributed by atoms with Crippen LogP contribution in [0.1, 0.15) is 16.9 Å². The summed E-state index contributed by atoms with van der Waals surface area (Å²) in [6.45, 7) is 0. The zero-order chi connectivity index (χ0) is 14.3. The first-order valence-electron chi connectivity index (χ1n) is 6.07. The molecule has 0 aliphatic heterocycles. The van der Waals surface area contributed by atoms with Crippen LogP contribution in [0, 0.1) is 11.3 Å².